The minimum Gasteiger partial charge on any atom is -0.139 e. The van der Waals surface area contributed by atoms with Crippen LogP contribution in [0.4, 0.5) is 0 Å². The van der Waals surface area contributed by atoms with Crippen molar-refractivity contribution in [2.24, 2.45) is 0 Å². The van der Waals surface area contributed by atoms with Gasteiger partial charge in [0.1, 0.15) is 0 Å². The summed E-state index contributed by atoms with van der Waals surface area (Å²) in [5.41, 5.74) is 1.15. The van der Waals surface area contributed by atoms with Crippen LogP contribution in [-0.4, -0.2) is 0 Å². The Bertz CT molecular complexity index is 646. The summed E-state index contributed by atoms with van der Waals surface area (Å²) in [4.78, 5) is 2.84. The number of thiophene rings is 2. The van der Waals surface area contributed by atoms with E-state index >= 15 is 0 Å². The average Bonchev–Trinajstić information content (AvgIpc) is 2.93. The number of hydrogen-bond acceptors (Lipinski definition) is 2. The monoisotopic (exact) mass is 356 g/mol. The molecule has 1 unspecified atom stereocenters. The molecule has 3 aromatic rings. The third-order valence-electron chi connectivity index (χ3n) is 2.82. The summed E-state index contributed by atoms with van der Waals surface area (Å²) in [5, 5.41) is 1.31. The fourth-order valence-corrected chi connectivity index (χ4v) is 5.05. The fourth-order valence-electron chi connectivity index (χ4n) is 1.88. The van der Waals surface area contributed by atoms with Crippen molar-refractivity contribution >= 4 is 60.3 Å². The number of benzene rings is 1. The molecule has 92 valence electrons. The molecule has 0 aliphatic heterocycles. The second-order valence-corrected chi connectivity index (χ2v) is 7.87. The van der Waals surface area contributed by atoms with Crippen LogP contribution in [0.5, 0.6) is 0 Å². The molecule has 3 rings (SSSR count). The quantitative estimate of drug-likeness (QED) is 0.465. The van der Waals surface area contributed by atoms with Crippen LogP contribution in [0.3, 0.4) is 0 Å². The van der Waals surface area contributed by atoms with Gasteiger partial charge in [0.2, 0.25) is 0 Å². The molecule has 0 spiro atoms. The van der Waals surface area contributed by atoms with E-state index in [1.165, 1.54) is 19.8 Å². The van der Waals surface area contributed by atoms with E-state index in [2.05, 4.69) is 52.3 Å². The highest BCUT2D eigenvalue weighted by atomic mass is 79.9. The van der Waals surface area contributed by atoms with Crippen LogP contribution < -0.4 is 0 Å². The van der Waals surface area contributed by atoms with Crippen molar-refractivity contribution in [1.29, 1.82) is 0 Å². The fraction of sp³-hybridized carbons (Fsp3) is 0.143. The van der Waals surface area contributed by atoms with Gasteiger partial charge in [-0.05, 0) is 36.1 Å². The van der Waals surface area contributed by atoms with Crippen molar-refractivity contribution in [1.82, 2.24) is 0 Å². The maximum Gasteiger partial charge on any atom is 0.0960 e. The van der Waals surface area contributed by atoms with Crippen molar-refractivity contribution < 1.29 is 0 Å². The molecule has 18 heavy (non-hydrogen) atoms. The number of hydrogen-bond donors (Lipinski definition) is 0. The van der Waals surface area contributed by atoms with Crippen LogP contribution in [0, 0.1) is 6.92 Å². The molecular weight excluding hydrogens is 348 g/mol. The summed E-state index contributed by atoms with van der Waals surface area (Å²) in [5.74, 6) is 0. The Morgan fingerprint density at radius 2 is 1.83 bits per heavy atom. The molecule has 0 N–H and O–H groups in total. The topological polar surface area (TPSA) is 0 Å². The maximum atomic E-state index is 6.14. The highest BCUT2D eigenvalue weighted by Crippen LogP contribution is 2.42. The van der Waals surface area contributed by atoms with E-state index in [1.807, 2.05) is 18.3 Å². The number of fused-ring (bicyclic) bond motifs is 1. The smallest absolute Gasteiger partial charge is 0.0960 e. The summed E-state index contributed by atoms with van der Waals surface area (Å²) < 4.78 is 2.21. The molecule has 0 radical (unpaired) electrons. The molecule has 2 heterocycles. The summed E-state index contributed by atoms with van der Waals surface area (Å²) in [6, 6.07) is 12.9. The first-order valence-corrected chi connectivity index (χ1v) is 8.46. The van der Waals surface area contributed by atoms with Gasteiger partial charge in [-0.15, -0.1) is 22.7 Å². The van der Waals surface area contributed by atoms with E-state index in [1.54, 1.807) is 11.3 Å². The predicted octanol–water partition coefficient (Wildman–Crippen LogP) is 6.41. The van der Waals surface area contributed by atoms with Crippen LogP contribution >= 0.6 is 50.2 Å². The van der Waals surface area contributed by atoms with Crippen molar-refractivity contribution in [3.63, 3.8) is 0 Å². The molecule has 0 bridgehead atoms. The largest absolute Gasteiger partial charge is 0.139 e. The molecular formula is C14H10BrClS2. The van der Waals surface area contributed by atoms with Gasteiger partial charge in [0.25, 0.3) is 0 Å². The maximum absolute atomic E-state index is 6.14. The summed E-state index contributed by atoms with van der Waals surface area (Å²) in [7, 11) is 0. The van der Waals surface area contributed by atoms with Crippen molar-refractivity contribution in [3.05, 3.63) is 56.1 Å². The Labute approximate surface area is 127 Å². The zero-order chi connectivity index (χ0) is 12.7. The normalized spacial score (nSPS) is 13.1. The Morgan fingerprint density at radius 1 is 1.11 bits per heavy atom. The van der Waals surface area contributed by atoms with E-state index in [0.29, 0.717) is 0 Å². The van der Waals surface area contributed by atoms with E-state index in [4.69, 9.17) is 11.6 Å². The molecule has 0 aliphatic carbocycles. The van der Waals surface area contributed by atoms with Crippen LogP contribution in [0.15, 0.2) is 36.4 Å². The molecule has 1 aromatic carbocycles. The van der Waals surface area contributed by atoms with Gasteiger partial charge in [-0.25, -0.2) is 0 Å². The van der Waals surface area contributed by atoms with Gasteiger partial charge >= 0.3 is 0 Å². The van der Waals surface area contributed by atoms with E-state index in [0.717, 1.165) is 9.90 Å². The second kappa shape index (κ2) is 4.97. The summed E-state index contributed by atoms with van der Waals surface area (Å²) >= 11 is 13.4. The number of rotatable bonds is 2. The lowest BCUT2D eigenvalue weighted by atomic mass is 10.2. The predicted molar refractivity (Wildman–Crippen MR) is 86.7 cm³/mol. The van der Waals surface area contributed by atoms with E-state index in [-0.39, 0.29) is 4.83 Å². The average molecular weight is 358 g/mol. The van der Waals surface area contributed by atoms with Crippen LogP contribution in [0.25, 0.3) is 10.1 Å². The van der Waals surface area contributed by atoms with Gasteiger partial charge in [0.15, 0.2) is 0 Å². The Hall–Kier alpha value is -0.350. The SMILES string of the molecule is Cc1cc(C(Br)c2cc3ccccc3s2)sc1Cl. The highest BCUT2D eigenvalue weighted by Gasteiger charge is 2.16. The Kier molecular flexibility index (Phi) is 3.50. The van der Waals surface area contributed by atoms with Gasteiger partial charge in [-0.3, -0.25) is 0 Å². The first-order valence-electron chi connectivity index (χ1n) is 5.53. The zero-order valence-corrected chi connectivity index (χ0v) is 13.6. The van der Waals surface area contributed by atoms with Crippen LogP contribution in [0.2, 0.25) is 4.34 Å². The number of halogens is 2. The van der Waals surface area contributed by atoms with Crippen molar-refractivity contribution in [3.8, 4) is 0 Å². The molecule has 0 aliphatic rings. The van der Waals surface area contributed by atoms with Gasteiger partial charge in [-0.2, -0.15) is 0 Å². The molecule has 4 heteroatoms. The molecule has 0 fully saturated rings. The molecule has 0 amide bonds. The van der Waals surface area contributed by atoms with Crippen molar-refractivity contribution in [2.45, 2.75) is 11.8 Å². The molecule has 0 nitrogen and oxygen atoms in total. The standard InChI is InChI=1S/C14H10BrClS2/c1-8-6-11(18-14(8)16)13(15)12-7-9-4-2-3-5-10(9)17-12/h2-7,13H,1H3. The third-order valence-corrected chi connectivity index (χ3v) is 7.21. The van der Waals surface area contributed by atoms with Gasteiger partial charge < -0.3 is 0 Å². The number of aryl methyl sites for hydroxylation is 1. The zero-order valence-electron chi connectivity index (χ0n) is 9.61. The highest BCUT2D eigenvalue weighted by molar-refractivity contribution is 9.09. The first-order chi connectivity index (χ1) is 8.65. The van der Waals surface area contributed by atoms with Crippen LogP contribution in [0.1, 0.15) is 20.1 Å². The third kappa shape index (κ3) is 2.25. The lowest BCUT2D eigenvalue weighted by Gasteiger charge is -2.03. The van der Waals surface area contributed by atoms with Crippen molar-refractivity contribution in [2.75, 3.05) is 0 Å². The minimum atomic E-state index is 0.242. The number of alkyl halides is 1. The van der Waals surface area contributed by atoms with E-state index in [9.17, 15) is 0 Å². The first kappa shape index (κ1) is 12.7. The molecule has 0 saturated heterocycles. The second-order valence-electron chi connectivity index (χ2n) is 4.15. The summed E-state index contributed by atoms with van der Waals surface area (Å²) in [6.45, 7) is 2.05. The van der Waals surface area contributed by atoms with E-state index < -0.39 is 0 Å². The summed E-state index contributed by atoms with van der Waals surface area (Å²) in [6.07, 6.45) is 0. The molecule has 2 aromatic heterocycles. The van der Waals surface area contributed by atoms with Gasteiger partial charge in [-0.1, -0.05) is 45.7 Å². The molecule has 0 saturated carbocycles. The molecule has 1 atom stereocenters. The Balaban J connectivity index is 2.03. The van der Waals surface area contributed by atoms with Gasteiger partial charge in [0, 0.05) is 14.5 Å². The lowest BCUT2D eigenvalue weighted by molar-refractivity contribution is 1.28. The van der Waals surface area contributed by atoms with Gasteiger partial charge in [0.05, 0.1) is 9.16 Å². The Morgan fingerprint density at radius 3 is 2.50 bits per heavy atom. The lowest BCUT2D eigenvalue weighted by Crippen LogP contribution is -1.83. The minimum absolute atomic E-state index is 0.242. The van der Waals surface area contributed by atoms with Crippen LogP contribution in [-0.2, 0) is 0 Å².